The van der Waals surface area contributed by atoms with Crippen molar-refractivity contribution in [3.8, 4) is 5.75 Å². The number of rotatable bonds is 7. The lowest BCUT2D eigenvalue weighted by Crippen LogP contribution is -2.16. The van der Waals surface area contributed by atoms with Gasteiger partial charge in [-0.05, 0) is 24.9 Å². The number of nitro benzene ring substituents is 1. The fourth-order valence-electron chi connectivity index (χ4n) is 1.63. The average Bonchev–Trinajstić information content (AvgIpc) is 2.34. The minimum absolute atomic E-state index is 0.0939. The molecular formula is C13H20N2O3. The Morgan fingerprint density at radius 2 is 2.17 bits per heavy atom. The number of methoxy groups -OCH3 is 1. The van der Waals surface area contributed by atoms with Crippen LogP contribution in [0.1, 0.15) is 25.8 Å². The van der Waals surface area contributed by atoms with Crippen LogP contribution in [0.3, 0.4) is 0 Å². The maximum atomic E-state index is 10.7. The lowest BCUT2D eigenvalue weighted by Gasteiger charge is -2.10. The number of nitrogens with one attached hydrogen (secondary N) is 1. The van der Waals surface area contributed by atoms with Crippen LogP contribution in [0.15, 0.2) is 18.2 Å². The van der Waals surface area contributed by atoms with Gasteiger partial charge in [-0.25, -0.2) is 0 Å². The predicted octanol–water partition coefficient (Wildman–Crippen LogP) is 2.74. The molecule has 0 radical (unpaired) electrons. The Morgan fingerprint density at radius 3 is 2.72 bits per heavy atom. The molecule has 1 aromatic carbocycles. The zero-order valence-electron chi connectivity index (χ0n) is 11.1. The van der Waals surface area contributed by atoms with Gasteiger partial charge in [-0.1, -0.05) is 13.8 Å². The van der Waals surface area contributed by atoms with Gasteiger partial charge in [0.1, 0.15) is 5.75 Å². The predicted molar refractivity (Wildman–Crippen MR) is 70.8 cm³/mol. The van der Waals surface area contributed by atoms with Gasteiger partial charge in [0.2, 0.25) is 0 Å². The minimum atomic E-state index is -0.392. The van der Waals surface area contributed by atoms with Crippen molar-refractivity contribution in [2.24, 2.45) is 5.92 Å². The Balaban J connectivity index is 2.66. The van der Waals surface area contributed by atoms with Gasteiger partial charge in [0.25, 0.3) is 5.69 Å². The van der Waals surface area contributed by atoms with Crippen LogP contribution < -0.4 is 10.1 Å². The molecule has 1 aromatic rings. The van der Waals surface area contributed by atoms with E-state index in [1.165, 1.54) is 6.07 Å². The van der Waals surface area contributed by atoms with Crippen molar-refractivity contribution in [1.82, 2.24) is 5.32 Å². The molecule has 0 aromatic heterocycles. The molecule has 0 spiro atoms. The number of nitrogens with zero attached hydrogens (tertiary/aromatic N) is 1. The van der Waals surface area contributed by atoms with Gasteiger partial charge >= 0.3 is 0 Å². The highest BCUT2D eigenvalue weighted by molar-refractivity contribution is 5.43. The van der Waals surface area contributed by atoms with Crippen LogP contribution in [-0.4, -0.2) is 18.6 Å². The van der Waals surface area contributed by atoms with E-state index in [9.17, 15) is 10.1 Å². The van der Waals surface area contributed by atoms with Crippen molar-refractivity contribution in [3.05, 3.63) is 33.9 Å². The SMILES string of the molecule is COc1ccc([N+](=O)[O-])cc1CNCCC(C)C. The van der Waals surface area contributed by atoms with Crippen molar-refractivity contribution < 1.29 is 9.66 Å². The summed E-state index contributed by atoms with van der Waals surface area (Å²) in [6.07, 6.45) is 1.08. The lowest BCUT2D eigenvalue weighted by molar-refractivity contribution is -0.384. The Kier molecular flexibility index (Phi) is 5.58. The van der Waals surface area contributed by atoms with Crippen molar-refractivity contribution >= 4 is 5.69 Å². The number of benzene rings is 1. The maximum Gasteiger partial charge on any atom is 0.270 e. The standard InChI is InChI=1S/C13H20N2O3/c1-10(2)6-7-14-9-11-8-12(15(16)17)4-5-13(11)18-3/h4-5,8,10,14H,6-7,9H2,1-3H3. The monoisotopic (exact) mass is 252 g/mol. The smallest absolute Gasteiger partial charge is 0.270 e. The molecule has 0 unspecified atom stereocenters. The Morgan fingerprint density at radius 1 is 1.44 bits per heavy atom. The normalized spacial score (nSPS) is 10.7. The largest absolute Gasteiger partial charge is 0.496 e. The number of non-ortho nitro benzene ring substituents is 1. The number of hydrogen-bond donors (Lipinski definition) is 1. The van der Waals surface area contributed by atoms with Gasteiger partial charge in [-0.3, -0.25) is 10.1 Å². The lowest BCUT2D eigenvalue weighted by atomic mass is 10.1. The molecule has 0 aliphatic carbocycles. The molecule has 0 atom stereocenters. The van der Waals surface area contributed by atoms with Crippen molar-refractivity contribution in [1.29, 1.82) is 0 Å². The molecule has 0 aliphatic heterocycles. The summed E-state index contributed by atoms with van der Waals surface area (Å²) in [4.78, 5) is 10.3. The van der Waals surface area contributed by atoms with E-state index in [0.29, 0.717) is 18.2 Å². The van der Waals surface area contributed by atoms with E-state index in [1.54, 1.807) is 19.2 Å². The van der Waals surface area contributed by atoms with Crippen LogP contribution in [0, 0.1) is 16.0 Å². The summed E-state index contributed by atoms with van der Waals surface area (Å²) in [7, 11) is 1.57. The summed E-state index contributed by atoms with van der Waals surface area (Å²) >= 11 is 0. The molecule has 0 bridgehead atoms. The van der Waals surface area contributed by atoms with Gasteiger partial charge in [0, 0.05) is 24.2 Å². The highest BCUT2D eigenvalue weighted by Crippen LogP contribution is 2.23. The molecule has 1 rings (SSSR count). The molecular weight excluding hydrogens is 232 g/mol. The molecule has 0 aliphatic rings. The summed E-state index contributed by atoms with van der Waals surface area (Å²) in [5, 5.41) is 14.0. The molecule has 0 amide bonds. The maximum absolute atomic E-state index is 10.7. The summed E-state index contributed by atoms with van der Waals surface area (Å²) in [5.74, 6) is 1.32. The van der Waals surface area contributed by atoms with Gasteiger partial charge in [-0.15, -0.1) is 0 Å². The van der Waals surface area contributed by atoms with Crippen LogP contribution in [0.4, 0.5) is 5.69 Å². The molecule has 5 heteroatoms. The highest BCUT2D eigenvalue weighted by atomic mass is 16.6. The third-order valence-corrected chi connectivity index (χ3v) is 2.69. The second kappa shape index (κ2) is 6.96. The average molecular weight is 252 g/mol. The number of ether oxygens (including phenoxy) is 1. The van der Waals surface area contributed by atoms with Crippen molar-refractivity contribution in [2.75, 3.05) is 13.7 Å². The van der Waals surface area contributed by atoms with Gasteiger partial charge < -0.3 is 10.1 Å². The quantitative estimate of drug-likeness (QED) is 0.460. The first-order valence-electron chi connectivity index (χ1n) is 6.06. The minimum Gasteiger partial charge on any atom is -0.496 e. The molecule has 18 heavy (non-hydrogen) atoms. The molecule has 0 heterocycles. The molecule has 0 saturated heterocycles. The Hall–Kier alpha value is -1.62. The molecule has 0 fully saturated rings. The van der Waals surface area contributed by atoms with Crippen LogP contribution in [0.5, 0.6) is 5.75 Å². The van der Waals surface area contributed by atoms with E-state index in [4.69, 9.17) is 4.74 Å². The Labute approximate surface area is 107 Å². The topological polar surface area (TPSA) is 64.4 Å². The molecule has 1 N–H and O–H groups in total. The van der Waals surface area contributed by atoms with E-state index in [-0.39, 0.29) is 5.69 Å². The first kappa shape index (κ1) is 14.4. The van der Waals surface area contributed by atoms with Crippen LogP contribution >= 0.6 is 0 Å². The van der Waals surface area contributed by atoms with Crippen molar-refractivity contribution in [3.63, 3.8) is 0 Å². The first-order chi connectivity index (χ1) is 8.54. The fourth-order valence-corrected chi connectivity index (χ4v) is 1.63. The van der Waals surface area contributed by atoms with E-state index < -0.39 is 4.92 Å². The Bertz CT molecular complexity index is 405. The summed E-state index contributed by atoms with van der Waals surface area (Å²) in [6, 6.07) is 4.65. The van der Waals surface area contributed by atoms with Gasteiger partial charge in [0.15, 0.2) is 0 Å². The van der Waals surface area contributed by atoms with Crippen LogP contribution in [0.25, 0.3) is 0 Å². The molecule has 5 nitrogen and oxygen atoms in total. The van der Waals surface area contributed by atoms with Crippen molar-refractivity contribution in [2.45, 2.75) is 26.8 Å². The van der Waals surface area contributed by atoms with Crippen LogP contribution in [-0.2, 0) is 6.54 Å². The third kappa shape index (κ3) is 4.33. The zero-order valence-corrected chi connectivity index (χ0v) is 11.1. The fraction of sp³-hybridized carbons (Fsp3) is 0.538. The molecule has 0 saturated carbocycles. The van der Waals surface area contributed by atoms with Gasteiger partial charge in [0.05, 0.1) is 12.0 Å². The second-order valence-electron chi connectivity index (χ2n) is 4.61. The van der Waals surface area contributed by atoms with E-state index in [0.717, 1.165) is 18.5 Å². The molecule has 100 valence electrons. The van der Waals surface area contributed by atoms with Gasteiger partial charge in [-0.2, -0.15) is 0 Å². The zero-order chi connectivity index (χ0) is 13.5. The summed E-state index contributed by atoms with van der Waals surface area (Å²) in [6.45, 7) is 5.80. The van der Waals surface area contributed by atoms with E-state index >= 15 is 0 Å². The van der Waals surface area contributed by atoms with E-state index in [2.05, 4.69) is 19.2 Å². The number of nitro groups is 1. The number of hydrogen-bond acceptors (Lipinski definition) is 4. The van der Waals surface area contributed by atoms with Crippen LogP contribution in [0.2, 0.25) is 0 Å². The second-order valence-corrected chi connectivity index (χ2v) is 4.61. The third-order valence-electron chi connectivity index (χ3n) is 2.69. The highest BCUT2D eigenvalue weighted by Gasteiger charge is 2.10. The van der Waals surface area contributed by atoms with E-state index in [1.807, 2.05) is 0 Å². The summed E-state index contributed by atoms with van der Waals surface area (Å²) in [5.41, 5.74) is 0.909. The summed E-state index contributed by atoms with van der Waals surface area (Å²) < 4.78 is 5.20. The first-order valence-corrected chi connectivity index (χ1v) is 6.06.